The average Bonchev–Trinajstić information content (AvgIpc) is 3.19. The SMILES string of the molecule is Cc1ccc(-c2ccc(CCC(=O)N3CC4(CNC(=O)N4)C3)o2)cc1. The van der Waals surface area contributed by atoms with E-state index >= 15 is 0 Å². The first-order valence-electron chi connectivity index (χ1n) is 8.53. The number of hydrogen-bond donors (Lipinski definition) is 2. The van der Waals surface area contributed by atoms with Gasteiger partial charge in [-0.2, -0.15) is 0 Å². The van der Waals surface area contributed by atoms with Crippen LogP contribution >= 0.6 is 0 Å². The molecular weight excluding hydrogens is 318 g/mol. The first kappa shape index (κ1) is 15.7. The molecule has 2 fully saturated rings. The van der Waals surface area contributed by atoms with Crippen molar-refractivity contribution >= 4 is 11.9 Å². The van der Waals surface area contributed by atoms with Crippen molar-refractivity contribution in [2.24, 2.45) is 0 Å². The zero-order valence-electron chi connectivity index (χ0n) is 14.2. The number of urea groups is 1. The van der Waals surface area contributed by atoms with Crippen molar-refractivity contribution in [3.8, 4) is 11.3 Å². The van der Waals surface area contributed by atoms with Crippen LogP contribution in [0.4, 0.5) is 4.79 Å². The number of carbonyl (C=O) groups is 2. The Morgan fingerprint density at radius 1 is 1.20 bits per heavy atom. The lowest BCUT2D eigenvalue weighted by Gasteiger charge is -2.46. The molecule has 130 valence electrons. The number of hydrogen-bond acceptors (Lipinski definition) is 3. The van der Waals surface area contributed by atoms with E-state index in [-0.39, 0.29) is 17.5 Å². The summed E-state index contributed by atoms with van der Waals surface area (Å²) in [6.07, 6.45) is 0.997. The lowest BCUT2D eigenvalue weighted by Crippen LogP contribution is -2.70. The van der Waals surface area contributed by atoms with E-state index in [0.717, 1.165) is 17.1 Å². The van der Waals surface area contributed by atoms with Crippen LogP contribution in [0.2, 0.25) is 0 Å². The maximum Gasteiger partial charge on any atom is 0.315 e. The van der Waals surface area contributed by atoms with E-state index < -0.39 is 0 Å². The summed E-state index contributed by atoms with van der Waals surface area (Å²) in [7, 11) is 0. The minimum absolute atomic E-state index is 0.0973. The molecule has 3 amide bonds. The Morgan fingerprint density at radius 2 is 1.96 bits per heavy atom. The van der Waals surface area contributed by atoms with Gasteiger partial charge in [0.1, 0.15) is 11.5 Å². The standard InChI is InChI=1S/C19H21N3O3/c1-13-2-4-14(5-3-13)16-8-6-15(25-16)7-9-17(23)22-11-19(12-22)10-20-18(24)21-19/h2-6,8H,7,9-12H2,1H3,(H2,20,21,24). The Bertz CT molecular complexity index is 804. The van der Waals surface area contributed by atoms with E-state index in [0.29, 0.717) is 32.5 Å². The molecule has 2 N–H and O–H groups in total. The molecule has 0 bridgehead atoms. The lowest BCUT2D eigenvalue weighted by atomic mass is 9.90. The van der Waals surface area contributed by atoms with Gasteiger partial charge >= 0.3 is 6.03 Å². The second-order valence-electron chi connectivity index (χ2n) is 6.97. The molecule has 1 spiro atoms. The minimum atomic E-state index is -0.254. The number of nitrogens with one attached hydrogen (secondary N) is 2. The molecule has 0 radical (unpaired) electrons. The van der Waals surface area contributed by atoms with Crippen LogP contribution in [0.3, 0.4) is 0 Å². The quantitative estimate of drug-likeness (QED) is 0.896. The normalized spacial score (nSPS) is 18.0. The van der Waals surface area contributed by atoms with Crippen LogP contribution in [-0.2, 0) is 11.2 Å². The molecule has 0 atom stereocenters. The fraction of sp³-hybridized carbons (Fsp3) is 0.368. The fourth-order valence-corrected chi connectivity index (χ4v) is 3.40. The number of carbonyl (C=O) groups excluding carboxylic acids is 2. The maximum absolute atomic E-state index is 12.3. The number of nitrogens with zero attached hydrogens (tertiary/aromatic N) is 1. The number of benzene rings is 1. The molecule has 0 aliphatic carbocycles. The van der Waals surface area contributed by atoms with Gasteiger partial charge in [0.05, 0.1) is 5.54 Å². The Morgan fingerprint density at radius 3 is 2.64 bits per heavy atom. The van der Waals surface area contributed by atoms with E-state index in [4.69, 9.17) is 4.42 Å². The van der Waals surface area contributed by atoms with Crippen LogP contribution < -0.4 is 10.6 Å². The van der Waals surface area contributed by atoms with Crippen molar-refractivity contribution in [1.82, 2.24) is 15.5 Å². The average molecular weight is 339 g/mol. The van der Waals surface area contributed by atoms with Crippen molar-refractivity contribution in [3.05, 3.63) is 47.7 Å². The monoisotopic (exact) mass is 339 g/mol. The molecule has 1 aromatic carbocycles. The Hall–Kier alpha value is -2.76. The summed E-state index contributed by atoms with van der Waals surface area (Å²) in [5, 5.41) is 5.64. The van der Waals surface area contributed by atoms with Gasteiger partial charge in [0.15, 0.2) is 0 Å². The van der Waals surface area contributed by atoms with Crippen LogP contribution in [0.15, 0.2) is 40.8 Å². The van der Waals surface area contributed by atoms with E-state index in [1.54, 1.807) is 4.90 Å². The maximum atomic E-state index is 12.3. The highest BCUT2D eigenvalue weighted by Crippen LogP contribution is 2.26. The number of amides is 3. The van der Waals surface area contributed by atoms with Crippen molar-refractivity contribution in [2.75, 3.05) is 19.6 Å². The van der Waals surface area contributed by atoms with Crippen molar-refractivity contribution < 1.29 is 14.0 Å². The van der Waals surface area contributed by atoms with Crippen LogP contribution in [0.25, 0.3) is 11.3 Å². The van der Waals surface area contributed by atoms with Crippen LogP contribution in [-0.4, -0.2) is 42.0 Å². The molecule has 4 rings (SSSR count). The predicted molar refractivity (Wildman–Crippen MR) is 93.0 cm³/mol. The summed E-state index contributed by atoms with van der Waals surface area (Å²) >= 11 is 0. The molecule has 1 aromatic heterocycles. The van der Waals surface area contributed by atoms with Crippen LogP contribution in [0, 0.1) is 6.92 Å². The molecule has 0 saturated carbocycles. The van der Waals surface area contributed by atoms with Gasteiger partial charge in [-0.25, -0.2) is 4.79 Å². The molecule has 0 unspecified atom stereocenters. The minimum Gasteiger partial charge on any atom is -0.461 e. The predicted octanol–water partition coefficient (Wildman–Crippen LogP) is 2.08. The fourth-order valence-electron chi connectivity index (χ4n) is 3.40. The first-order valence-corrected chi connectivity index (χ1v) is 8.53. The first-order chi connectivity index (χ1) is 12.0. The van der Waals surface area contributed by atoms with Gasteiger partial charge < -0.3 is 20.0 Å². The van der Waals surface area contributed by atoms with Gasteiger partial charge in [0.25, 0.3) is 0 Å². The Kier molecular flexibility index (Phi) is 3.75. The van der Waals surface area contributed by atoms with Gasteiger partial charge in [0.2, 0.25) is 5.91 Å². The highest BCUT2D eigenvalue weighted by molar-refractivity contribution is 5.81. The van der Waals surface area contributed by atoms with Gasteiger partial charge in [-0.1, -0.05) is 29.8 Å². The largest absolute Gasteiger partial charge is 0.461 e. The van der Waals surface area contributed by atoms with Crippen LogP contribution in [0.5, 0.6) is 0 Å². The van der Waals surface area contributed by atoms with Crippen molar-refractivity contribution in [3.63, 3.8) is 0 Å². The zero-order chi connectivity index (χ0) is 17.4. The molecule has 2 aromatic rings. The molecule has 2 aliphatic rings. The topological polar surface area (TPSA) is 74.6 Å². The van der Waals surface area contributed by atoms with Gasteiger partial charge in [-0.05, 0) is 19.1 Å². The summed E-state index contributed by atoms with van der Waals surface area (Å²) < 4.78 is 5.86. The van der Waals surface area contributed by atoms with E-state index in [1.165, 1.54) is 5.56 Å². The second-order valence-corrected chi connectivity index (χ2v) is 6.97. The molecule has 25 heavy (non-hydrogen) atoms. The van der Waals surface area contributed by atoms with E-state index in [1.807, 2.05) is 24.3 Å². The summed E-state index contributed by atoms with van der Waals surface area (Å²) in [5.74, 6) is 1.74. The number of rotatable bonds is 4. The molecule has 2 aliphatic heterocycles. The van der Waals surface area contributed by atoms with Crippen molar-refractivity contribution in [2.45, 2.75) is 25.3 Å². The van der Waals surface area contributed by atoms with Gasteiger partial charge in [0, 0.05) is 38.0 Å². The molecular formula is C19H21N3O3. The van der Waals surface area contributed by atoms with Gasteiger partial charge in [-0.15, -0.1) is 0 Å². The summed E-state index contributed by atoms with van der Waals surface area (Å²) in [4.78, 5) is 25.3. The molecule has 2 saturated heterocycles. The number of furan rings is 1. The third kappa shape index (κ3) is 3.12. The lowest BCUT2D eigenvalue weighted by molar-refractivity contribution is -0.138. The third-order valence-corrected chi connectivity index (χ3v) is 4.89. The highest BCUT2D eigenvalue weighted by atomic mass is 16.3. The zero-order valence-corrected chi connectivity index (χ0v) is 14.2. The highest BCUT2D eigenvalue weighted by Gasteiger charge is 2.49. The van der Waals surface area contributed by atoms with E-state index in [2.05, 4.69) is 29.7 Å². The number of likely N-dealkylation sites (tertiary alicyclic amines) is 1. The van der Waals surface area contributed by atoms with Crippen molar-refractivity contribution in [1.29, 1.82) is 0 Å². The van der Waals surface area contributed by atoms with Gasteiger partial charge in [-0.3, -0.25) is 4.79 Å². The second kappa shape index (κ2) is 5.95. The smallest absolute Gasteiger partial charge is 0.315 e. The molecule has 6 nitrogen and oxygen atoms in total. The van der Waals surface area contributed by atoms with E-state index in [9.17, 15) is 9.59 Å². The Balaban J connectivity index is 1.30. The van der Waals surface area contributed by atoms with Crippen LogP contribution in [0.1, 0.15) is 17.7 Å². The number of aryl methyl sites for hydroxylation is 2. The summed E-state index contributed by atoms with van der Waals surface area (Å²) in [6.45, 7) is 3.80. The Labute approximate surface area is 146 Å². The molecule has 3 heterocycles. The summed E-state index contributed by atoms with van der Waals surface area (Å²) in [5.41, 5.74) is 2.00. The third-order valence-electron chi connectivity index (χ3n) is 4.89. The molecule has 6 heteroatoms. The summed E-state index contributed by atoms with van der Waals surface area (Å²) in [6, 6.07) is 11.9.